The van der Waals surface area contributed by atoms with Gasteiger partial charge in [-0.1, -0.05) is 29.3 Å². The smallest absolute Gasteiger partial charge is 0.407 e. The van der Waals surface area contributed by atoms with Gasteiger partial charge in [0.2, 0.25) is 0 Å². The van der Waals surface area contributed by atoms with Gasteiger partial charge in [-0.15, -0.1) is 0 Å². The first-order valence-corrected chi connectivity index (χ1v) is 11.8. The molecule has 0 spiro atoms. The Hall–Kier alpha value is -3.09. The molecular formula is C26H28Cl2N4O2. The largest absolute Gasteiger partial charge is 0.444 e. The summed E-state index contributed by atoms with van der Waals surface area (Å²) in [7, 11) is 0. The number of carbonyl (C=O) groups is 1. The maximum absolute atomic E-state index is 11.9. The number of aryl methyl sites for hydroxylation is 1. The van der Waals surface area contributed by atoms with E-state index in [0.29, 0.717) is 23.1 Å². The summed E-state index contributed by atoms with van der Waals surface area (Å²) in [4.78, 5) is 15.4. The number of hydrogen-bond donors (Lipinski definition) is 4. The van der Waals surface area contributed by atoms with Crippen LogP contribution in [0.1, 0.15) is 26.3 Å². The van der Waals surface area contributed by atoms with E-state index in [0.717, 1.165) is 44.4 Å². The number of H-pyrrole nitrogens is 1. The van der Waals surface area contributed by atoms with Crippen LogP contribution in [-0.4, -0.2) is 29.8 Å². The van der Waals surface area contributed by atoms with E-state index >= 15 is 0 Å². The molecule has 0 saturated heterocycles. The van der Waals surface area contributed by atoms with Gasteiger partial charge in [0.25, 0.3) is 0 Å². The van der Waals surface area contributed by atoms with E-state index < -0.39 is 11.7 Å². The van der Waals surface area contributed by atoms with E-state index in [1.165, 1.54) is 0 Å². The SMILES string of the molecule is Cc1ccc(Nc2cc(NCCNC(=O)OC(C)(C)C)c3[nH]c4ccc(Cl)cc4c3c2)cc1Cl. The minimum Gasteiger partial charge on any atom is -0.444 e. The fourth-order valence-corrected chi connectivity index (χ4v) is 4.05. The predicted molar refractivity (Wildman–Crippen MR) is 143 cm³/mol. The quantitative estimate of drug-likeness (QED) is 0.206. The number of alkyl carbamates (subject to hydrolysis) is 1. The second kappa shape index (κ2) is 9.65. The molecule has 0 aliphatic rings. The van der Waals surface area contributed by atoms with Gasteiger partial charge < -0.3 is 25.7 Å². The van der Waals surface area contributed by atoms with Crippen LogP contribution in [0, 0.1) is 6.92 Å². The van der Waals surface area contributed by atoms with E-state index in [-0.39, 0.29) is 0 Å². The second-order valence-corrected chi connectivity index (χ2v) is 10.0. The third-order valence-electron chi connectivity index (χ3n) is 5.24. The highest BCUT2D eigenvalue weighted by atomic mass is 35.5. The average molecular weight is 499 g/mol. The lowest BCUT2D eigenvalue weighted by Crippen LogP contribution is -2.35. The predicted octanol–water partition coefficient (Wildman–Crippen LogP) is 7.62. The number of rotatable bonds is 6. The molecule has 6 nitrogen and oxygen atoms in total. The molecule has 1 amide bonds. The van der Waals surface area contributed by atoms with Crippen molar-refractivity contribution in [2.75, 3.05) is 23.7 Å². The van der Waals surface area contributed by atoms with Gasteiger partial charge in [0.05, 0.1) is 11.2 Å². The highest BCUT2D eigenvalue weighted by Crippen LogP contribution is 2.36. The highest BCUT2D eigenvalue weighted by molar-refractivity contribution is 6.32. The van der Waals surface area contributed by atoms with Crippen LogP contribution in [0.25, 0.3) is 21.8 Å². The van der Waals surface area contributed by atoms with Crippen molar-refractivity contribution in [1.82, 2.24) is 10.3 Å². The topological polar surface area (TPSA) is 78.2 Å². The summed E-state index contributed by atoms with van der Waals surface area (Å²) in [6, 6.07) is 15.8. The fraction of sp³-hybridized carbons (Fsp3) is 0.269. The Labute approximate surface area is 209 Å². The molecule has 1 aromatic heterocycles. The molecule has 178 valence electrons. The van der Waals surface area contributed by atoms with Crippen molar-refractivity contribution in [3.05, 3.63) is 64.1 Å². The molecule has 4 aromatic rings. The summed E-state index contributed by atoms with van der Waals surface area (Å²) in [5, 5.41) is 13.1. The Morgan fingerprint density at radius 1 is 0.971 bits per heavy atom. The summed E-state index contributed by atoms with van der Waals surface area (Å²) in [5.74, 6) is 0. The number of halogens is 2. The van der Waals surface area contributed by atoms with E-state index in [4.69, 9.17) is 27.9 Å². The lowest BCUT2D eigenvalue weighted by atomic mass is 10.1. The van der Waals surface area contributed by atoms with Gasteiger partial charge in [0.1, 0.15) is 5.60 Å². The molecule has 0 unspecified atom stereocenters. The van der Waals surface area contributed by atoms with Crippen molar-refractivity contribution in [2.45, 2.75) is 33.3 Å². The lowest BCUT2D eigenvalue weighted by molar-refractivity contribution is 0.0530. The van der Waals surface area contributed by atoms with Crippen molar-refractivity contribution in [3.63, 3.8) is 0 Å². The lowest BCUT2D eigenvalue weighted by Gasteiger charge is -2.19. The minimum atomic E-state index is -0.534. The number of hydrogen-bond acceptors (Lipinski definition) is 4. The highest BCUT2D eigenvalue weighted by Gasteiger charge is 2.16. The van der Waals surface area contributed by atoms with Crippen molar-refractivity contribution in [1.29, 1.82) is 0 Å². The van der Waals surface area contributed by atoms with Crippen LogP contribution in [0.2, 0.25) is 10.0 Å². The van der Waals surface area contributed by atoms with Crippen molar-refractivity contribution >= 4 is 68.2 Å². The van der Waals surface area contributed by atoms with E-state index in [2.05, 4.69) is 27.0 Å². The Bertz CT molecular complexity index is 1360. The minimum absolute atomic E-state index is 0.410. The van der Waals surface area contributed by atoms with E-state index in [1.807, 2.05) is 70.2 Å². The van der Waals surface area contributed by atoms with Crippen LogP contribution in [0.5, 0.6) is 0 Å². The van der Waals surface area contributed by atoms with Gasteiger partial charge >= 0.3 is 6.09 Å². The van der Waals surface area contributed by atoms with E-state index in [9.17, 15) is 4.79 Å². The summed E-state index contributed by atoms with van der Waals surface area (Å²) < 4.78 is 5.30. The van der Waals surface area contributed by atoms with Gasteiger partial charge in [0.15, 0.2) is 0 Å². The average Bonchev–Trinajstić information content (AvgIpc) is 3.10. The Morgan fingerprint density at radius 3 is 2.50 bits per heavy atom. The van der Waals surface area contributed by atoms with Crippen LogP contribution in [0.15, 0.2) is 48.5 Å². The molecule has 0 aliphatic heterocycles. The summed E-state index contributed by atoms with van der Waals surface area (Å²) in [6.45, 7) is 8.41. The maximum atomic E-state index is 11.9. The molecule has 0 fully saturated rings. The number of ether oxygens (including phenoxy) is 1. The number of aromatic nitrogens is 1. The monoisotopic (exact) mass is 498 g/mol. The van der Waals surface area contributed by atoms with Crippen molar-refractivity contribution in [2.24, 2.45) is 0 Å². The fourth-order valence-electron chi connectivity index (χ4n) is 3.70. The summed E-state index contributed by atoms with van der Waals surface area (Å²) in [5.41, 5.74) is 5.13. The third-order valence-corrected chi connectivity index (χ3v) is 5.88. The number of anilines is 3. The zero-order valence-electron chi connectivity index (χ0n) is 19.6. The standard InChI is InChI=1S/C26H28Cl2N4O2/c1-15-5-7-17(13-21(15)28)31-18-12-20-19-11-16(27)6-8-22(19)32-24(20)23(14-18)29-9-10-30-25(33)34-26(2,3)4/h5-8,11-14,29,31-32H,9-10H2,1-4H3,(H,30,33). The number of amides is 1. The van der Waals surface area contributed by atoms with Gasteiger partial charge in [-0.2, -0.15) is 0 Å². The van der Waals surface area contributed by atoms with E-state index in [1.54, 1.807) is 0 Å². The Kier molecular flexibility index (Phi) is 6.82. The van der Waals surface area contributed by atoms with Crippen molar-refractivity contribution in [3.8, 4) is 0 Å². The molecule has 34 heavy (non-hydrogen) atoms. The molecule has 3 aromatic carbocycles. The Morgan fingerprint density at radius 2 is 1.76 bits per heavy atom. The molecule has 0 bridgehead atoms. The van der Waals surface area contributed by atoms with Gasteiger partial charge in [-0.25, -0.2) is 4.79 Å². The zero-order valence-corrected chi connectivity index (χ0v) is 21.1. The number of fused-ring (bicyclic) bond motifs is 3. The van der Waals surface area contributed by atoms with Crippen LogP contribution in [0.3, 0.4) is 0 Å². The Balaban J connectivity index is 1.61. The first-order valence-electron chi connectivity index (χ1n) is 11.1. The number of benzene rings is 3. The maximum Gasteiger partial charge on any atom is 0.407 e. The first-order chi connectivity index (χ1) is 16.1. The van der Waals surface area contributed by atoms with Crippen LogP contribution in [-0.2, 0) is 4.74 Å². The zero-order chi connectivity index (χ0) is 24.5. The van der Waals surface area contributed by atoms with Crippen LogP contribution < -0.4 is 16.0 Å². The number of aromatic amines is 1. The van der Waals surface area contributed by atoms with Crippen LogP contribution in [0.4, 0.5) is 21.9 Å². The van der Waals surface area contributed by atoms with Crippen molar-refractivity contribution < 1.29 is 9.53 Å². The number of carbonyl (C=O) groups excluding carboxylic acids is 1. The molecule has 4 N–H and O–H groups in total. The van der Waals surface area contributed by atoms with Crippen LogP contribution >= 0.6 is 23.2 Å². The molecule has 0 aliphatic carbocycles. The first kappa shape index (κ1) is 24.0. The summed E-state index contributed by atoms with van der Waals surface area (Å²) in [6.07, 6.45) is -0.439. The van der Waals surface area contributed by atoms with Gasteiger partial charge in [-0.05, 0) is 75.7 Å². The molecule has 8 heteroatoms. The molecule has 0 saturated carbocycles. The number of nitrogens with one attached hydrogen (secondary N) is 4. The molecule has 0 radical (unpaired) electrons. The molecule has 0 atom stereocenters. The normalized spacial score (nSPS) is 11.6. The second-order valence-electron chi connectivity index (χ2n) is 9.21. The molecular weight excluding hydrogens is 471 g/mol. The summed E-state index contributed by atoms with van der Waals surface area (Å²) >= 11 is 12.6. The van der Waals surface area contributed by atoms with Gasteiger partial charge in [0, 0.05) is 50.8 Å². The molecule has 4 rings (SSSR count). The third kappa shape index (κ3) is 5.69. The van der Waals surface area contributed by atoms with Gasteiger partial charge in [-0.3, -0.25) is 0 Å². The molecule has 1 heterocycles.